The second kappa shape index (κ2) is 6.01. The SMILES string of the molecule is COc1ncccc1COC(=O)c1ccc(F)cc1N. The third-order valence-electron chi connectivity index (χ3n) is 2.64. The number of rotatable bonds is 4. The van der Waals surface area contributed by atoms with Crippen LogP contribution in [0.4, 0.5) is 10.1 Å². The van der Waals surface area contributed by atoms with Crippen molar-refractivity contribution in [2.75, 3.05) is 12.8 Å². The molecule has 1 aromatic carbocycles. The van der Waals surface area contributed by atoms with E-state index in [1.165, 1.54) is 13.2 Å². The van der Waals surface area contributed by atoms with Gasteiger partial charge in [0.25, 0.3) is 0 Å². The number of halogens is 1. The van der Waals surface area contributed by atoms with Crippen LogP contribution in [0.5, 0.6) is 5.88 Å². The molecule has 0 atom stereocenters. The number of carbonyl (C=O) groups is 1. The summed E-state index contributed by atoms with van der Waals surface area (Å²) in [6.07, 6.45) is 1.57. The first-order valence-electron chi connectivity index (χ1n) is 5.82. The van der Waals surface area contributed by atoms with Crippen LogP contribution in [-0.2, 0) is 11.3 Å². The van der Waals surface area contributed by atoms with E-state index in [0.717, 1.165) is 12.1 Å². The molecule has 1 heterocycles. The van der Waals surface area contributed by atoms with Crippen LogP contribution in [0.3, 0.4) is 0 Å². The van der Waals surface area contributed by atoms with Gasteiger partial charge in [-0.25, -0.2) is 14.2 Å². The van der Waals surface area contributed by atoms with Crippen molar-refractivity contribution in [2.24, 2.45) is 0 Å². The van der Waals surface area contributed by atoms with E-state index in [1.54, 1.807) is 18.3 Å². The van der Waals surface area contributed by atoms with Gasteiger partial charge in [-0.15, -0.1) is 0 Å². The van der Waals surface area contributed by atoms with Gasteiger partial charge < -0.3 is 15.2 Å². The van der Waals surface area contributed by atoms with Gasteiger partial charge in [-0.05, 0) is 30.3 Å². The molecule has 0 fully saturated rings. The molecule has 1 aromatic heterocycles. The molecule has 2 N–H and O–H groups in total. The van der Waals surface area contributed by atoms with Crippen molar-refractivity contribution in [2.45, 2.75) is 6.61 Å². The highest BCUT2D eigenvalue weighted by molar-refractivity contribution is 5.95. The Kier molecular flexibility index (Phi) is 4.14. The normalized spacial score (nSPS) is 10.1. The van der Waals surface area contributed by atoms with Crippen LogP contribution in [0.1, 0.15) is 15.9 Å². The average molecular weight is 276 g/mol. The predicted octanol–water partition coefficient (Wildman–Crippen LogP) is 2.17. The number of methoxy groups -OCH3 is 1. The third-order valence-corrected chi connectivity index (χ3v) is 2.64. The molecule has 0 amide bonds. The van der Waals surface area contributed by atoms with Gasteiger partial charge in [-0.1, -0.05) is 0 Å². The lowest BCUT2D eigenvalue weighted by Gasteiger charge is -2.09. The number of anilines is 1. The Bertz CT molecular complexity index is 632. The molecule has 0 aliphatic rings. The number of nitrogens with zero attached hydrogens (tertiary/aromatic N) is 1. The van der Waals surface area contributed by atoms with Crippen LogP contribution in [0.25, 0.3) is 0 Å². The number of hydrogen-bond donors (Lipinski definition) is 1. The van der Waals surface area contributed by atoms with E-state index in [9.17, 15) is 9.18 Å². The lowest BCUT2D eigenvalue weighted by molar-refractivity contribution is 0.0471. The van der Waals surface area contributed by atoms with E-state index in [4.69, 9.17) is 15.2 Å². The summed E-state index contributed by atoms with van der Waals surface area (Å²) in [6, 6.07) is 6.94. The van der Waals surface area contributed by atoms with Crippen LogP contribution in [0.15, 0.2) is 36.5 Å². The molecule has 6 heteroatoms. The second-order valence-electron chi connectivity index (χ2n) is 3.98. The summed E-state index contributed by atoms with van der Waals surface area (Å²) in [5, 5.41) is 0. The molecule has 0 aliphatic carbocycles. The molecule has 20 heavy (non-hydrogen) atoms. The fourth-order valence-electron chi connectivity index (χ4n) is 1.66. The summed E-state index contributed by atoms with van der Waals surface area (Å²) in [4.78, 5) is 15.9. The molecule has 0 unspecified atom stereocenters. The van der Waals surface area contributed by atoms with Gasteiger partial charge in [0, 0.05) is 11.9 Å². The summed E-state index contributed by atoms with van der Waals surface area (Å²) < 4.78 is 23.1. The highest BCUT2D eigenvalue weighted by atomic mass is 19.1. The van der Waals surface area contributed by atoms with Gasteiger partial charge in [-0.3, -0.25) is 0 Å². The number of nitrogen functional groups attached to an aromatic ring is 1. The zero-order valence-electron chi connectivity index (χ0n) is 10.8. The Hall–Kier alpha value is -2.63. The van der Waals surface area contributed by atoms with Crippen molar-refractivity contribution in [3.8, 4) is 5.88 Å². The van der Waals surface area contributed by atoms with E-state index in [1.807, 2.05) is 0 Å². The fraction of sp³-hybridized carbons (Fsp3) is 0.143. The van der Waals surface area contributed by atoms with Crippen molar-refractivity contribution in [3.63, 3.8) is 0 Å². The second-order valence-corrected chi connectivity index (χ2v) is 3.98. The van der Waals surface area contributed by atoms with Gasteiger partial charge in [0.05, 0.1) is 18.2 Å². The number of nitrogens with two attached hydrogens (primary N) is 1. The third kappa shape index (κ3) is 3.03. The van der Waals surface area contributed by atoms with Crippen molar-refractivity contribution >= 4 is 11.7 Å². The molecule has 104 valence electrons. The molecule has 0 spiro atoms. The summed E-state index contributed by atoms with van der Waals surface area (Å²) in [5.41, 5.74) is 6.35. The molecule has 5 nitrogen and oxygen atoms in total. The summed E-state index contributed by atoms with van der Waals surface area (Å²) in [7, 11) is 1.48. The minimum atomic E-state index is -0.631. The maximum absolute atomic E-state index is 12.9. The summed E-state index contributed by atoms with van der Waals surface area (Å²) in [6.45, 7) is -0.00728. The van der Waals surface area contributed by atoms with Gasteiger partial charge in [-0.2, -0.15) is 0 Å². The molecule has 2 rings (SSSR count). The van der Waals surface area contributed by atoms with Crippen molar-refractivity contribution in [1.82, 2.24) is 4.98 Å². The molecule has 2 aromatic rings. The molecule has 0 bridgehead atoms. The summed E-state index contributed by atoms with van der Waals surface area (Å²) >= 11 is 0. The van der Waals surface area contributed by atoms with E-state index in [0.29, 0.717) is 11.4 Å². The fourth-order valence-corrected chi connectivity index (χ4v) is 1.66. The smallest absolute Gasteiger partial charge is 0.340 e. The minimum absolute atomic E-state index is 0.00728. The zero-order valence-corrected chi connectivity index (χ0v) is 10.8. The van der Waals surface area contributed by atoms with Gasteiger partial charge >= 0.3 is 5.97 Å². The van der Waals surface area contributed by atoms with Gasteiger partial charge in [0.2, 0.25) is 5.88 Å². The van der Waals surface area contributed by atoms with E-state index >= 15 is 0 Å². The minimum Gasteiger partial charge on any atom is -0.481 e. The topological polar surface area (TPSA) is 74.4 Å². The number of hydrogen-bond acceptors (Lipinski definition) is 5. The number of carbonyl (C=O) groups excluding carboxylic acids is 1. The Morgan fingerprint density at radius 2 is 2.20 bits per heavy atom. The maximum Gasteiger partial charge on any atom is 0.340 e. The highest BCUT2D eigenvalue weighted by Crippen LogP contribution is 2.18. The maximum atomic E-state index is 12.9. The van der Waals surface area contributed by atoms with Crippen LogP contribution in [0, 0.1) is 5.82 Å². The largest absolute Gasteiger partial charge is 0.481 e. The molecule has 0 saturated heterocycles. The Morgan fingerprint density at radius 3 is 2.90 bits per heavy atom. The molecular formula is C14H13FN2O3. The van der Waals surface area contributed by atoms with Gasteiger partial charge in [0.1, 0.15) is 12.4 Å². The van der Waals surface area contributed by atoms with Gasteiger partial charge in [0.15, 0.2) is 0 Å². The first-order chi connectivity index (χ1) is 9.61. The number of ether oxygens (including phenoxy) is 2. The van der Waals surface area contributed by atoms with E-state index < -0.39 is 11.8 Å². The first kappa shape index (κ1) is 13.8. The Balaban J connectivity index is 2.09. The Labute approximate surface area is 115 Å². The number of pyridine rings is 1. The highest BCUT2D eigenvalue weighted by Gasteiger charge is 2.13. The molecule has 0 aliphatic heterocycles. The standard InChI is InChI=1S/C14H13FN2O3/c1-19-13-9(3-2-6-17-13)8-20-14(18)11-5-4-10(15)7-12(11)16/h2-7H,8,16H2,1H3. The first-order valence-corrected chi connectivity index (χ1v) is 5.82. The van der Waals surface area contributed by atoms with Crippen LogP contribution >= 0.6 is 0 Å². The number of aromatic nitrogens is 1. The molecule has 0 radical (unpaired) electrons. The van der Waals surface area contributed by atoms with Crippen LogP contribution < -0.4 is 10.5 Å². The quantitative estimate of drug-likeness (QED) is 0.684. The van der Waals surface area contributed by atoms with Crippen LogP contribution in [-0.4, -0.2) is 18.1 Å². The summed E-state index contributed by atoms with van der Waals surface area (Å²) in [5.74, 6) is -0.756. The zero-order chi connectivity index (χ0) is 14.5. The lowest BCUT2D eigenvalue weighted by atomic mass is 10.2. The predicted molar refractivity (Wildman–Crippen MR) is 70.7 cm³/mol. The van der Waals surface area contributed by atoms with Crippen molar-refractivity contribution in [3.05, 3.63) is 53.5 Å². The number of benzene rings is 1. The number of esters is 1. The Morgan fingerprint density at radius 1 is 1.40 bits per heavy atom. The van der Waals surface area contributed by atoms with E-state index in [-0.39, 0.29) is 17.9 Å². The lowest BCUT2D eigenvalue weighted by Crippen LogP contribution is -2.09. The molecular weight excluding hydrogens is 263 g/mol. The average Bonchev–Trinajstić information content (AvgIpc) is 2.45. The monoisotopic (exact) mass is 276 g/mol. The van der Waals surface area contributed by atoms with Crippen LogP contribution in [0.2, 0.25) is 0 Å². The van der Waals surface area contributed by atoms with E-state index in [2.05, 4.69) is 4.98 Å². The van der Waals surface area contributed by atoms with Crippen molar-refractivity contribution < 1.29 is 18.7 Å². The van der Waals surface area contributed by atoms with Crippen molar-refractivity contribution in [1.29, 1.82) is 0 Å². The molecule has 0 saturated carbocycles.